The Labute approximate surface area is 160 Å². The number of piperidine rings is 1. The zero-order valence-electron chi connectivity index (χ0n) is 15.2. The summed E-state index contributed by atoms with van der Waals surface area (Å²) < 4.78 is 6.28. The van der Waals surface area contributed by atoms with Gasteiger partial charge in [0.15, 0.2) is 0 Å². The minimum atomic E-state index is 0.429. The minimum absolute atomic E-state index is 0.429. The van der Waals surface area contributed by atoms with E-state index in [1.165, 1.54) is 31.2 Å². The predicted octanol–water partition coefficient (Wildman–Crippen LogP) is 4.70. The molecule has 1 aromatic carbocycles. The third kappa shape index (κ3) is 4.77. The van der Waals surface area contributed by atoms with E-state index in [0.717, 1.165) is 42.5 Å². The normalized spacial score (nSPS) is 19.2. The fourth-order valence-corrected chi connectivity index (χ4v) is 4.61. The van der Waals surface area contributed by atoms with Gasteiger partial charge in [0, 0.05) is 18.8 Å². The van der Waals surface area contributed by atoms with E-state index < -0.39 is 0 Å². The van der Waals surface area contributed by atoms with Crippen LogP contribution < -0.4 is 4.90 Å². The highest BCUT2D eigenvalue weighted by Crippen LogP contribution is 2.27. The fourth-order valence-electron chi connectivity index (χ4n) is 3.81. The second kappa shape index (κ2) is 8.87. The first-order chi connectivity index (χ1) is 12.9. The third-order valence-corrected chi connectivity index (χ3v) is 6.25. The van der Waals surface area contributed by atoms with Crippen LogP contribution in [0.3, 0.4) is 0 Å². The summed E-state index contributed by atoms with van der Waals surface area (Å²) in [6.45, 7) is 2.03. The van der Waals surface area contributed by atoms with Gasteiger partial charge in [-0.1, -0.05) is 43.2 Å². The van der Waals surface area contributed by atoms with Gasteiger partial charge in [-0.15, -0.1) is 11.8 Å². The number of hydrogen-bond acceptors (Lipinski definition) is 5. The molecule has 1 aliphatic heterocycles. The van der Waals surface area contributed by atoms with Gasteiger partial charge >= 0.3 is 0 Å². The van der Waals surface area contributed by atoms with Crippen LogP contribution in [0.4, 0.5) is 5.82 Å². The molecule has 2 fully saturated rings. The molecule has 0 radical (unpaired) electrons. The third-order valence-electron chi connectivity index (χ3n) is 5.28. The molecule has 5 heteroatoms. The van der Waals surface area contributed by atoms with E-state index in [-0.39, 0.29) is 0 Å². The Morgan fingerprint density at radius 1 is 0.962 bits per heavy atom. The van der Waals surface area contributed by atoms with E-state index in [9.17, 15) is 0 Å². The molecular weight excluding hydrogens is 342 g/mol. The van der Waals surface area contributed by atoms with E-state index in [1.54, 1.807) is 11.8 Å². The monoisotopic (exact) mass is 369 g/mol. The highest BCUT2D eigenvalue weighted by Gasteiger charge is 2.25. The van der Waals surface area contributed by atoms with Crippen molar-refractivity contribution in [3.63, 3.8) is 0 Å². The molecule has 0 bridgehead atoms. The first kappa shape index (κ1) is 17.8. The second-order valence-corrected chi connectivity index (χ2v) is 8.21. The van der Waals surface area contributed by atoms with Crippen LogP contribution in [0.25, 0.3) is 0 Å². The highest BCUT2D eigenvalue weighted by molar-refractivity contribution is 7.98. The molecule has 26 heavy (non-hydrogen) atoms. The molecule has 0 N–H and O–H groups in total. The smallest absolute Gasteiger partial charge is 0.148 e. The molecule has 138 valence electrons. The van der Waals surface area contributed by atoms with Crippen molar-refractivity contribution in [3.05, 3.63) is 48.3 Å². The molecule has 2 heterocycles. The summed E-state index contributed by atoms with van der Waals surface area (Å²) in [5.74, 6) is 1.93. The zero-order valence-corrected chi connectivity index (χ0v) is 16.0. The lowest BCUT2D eigenvalue weighted by atomic mass is 10.1. The van der Waals surface area contributed by atoms with Crippen LogP contribution in [0.2, 0.25) is 0 Å². The lowest BCUT2D eigenvalue weighted by molar-refractivity contribution is -0.0195. The van der Waals surface area contributed by atoms with Crippen LogP contribution in [0.5, 0.6) is 0 Å². The van der Waals surface area contributed by atoms with Gasteiger partial charge in [-0.2, -0.15) is 0 Å². The molecule has 0 unspecified atom stereocenters. The van der Waals surface area contributed by atoms with Crippen LogP contribution in [0.15, 0.2) is 47.8 Å². The number of benzene rings is 1. The van der Waals surface area contributed by atoms with Crippen LogP contribution in [0.1, 0.15) is 44.1 Å². The summed E-state index contributed by atoms with van der Waals surface area (Å²) in [4.78, 5) is 11.6. The fraction of sp³-hybridized carbons (Fsp3) is 0.524. The molecule has 1 aromatic heterocycles. The summed E-state index contributed by atoms with van der Waals surface area (Å²) >= 11 is 1.75. The zero-order chi connectivity index (χ0) is 17.6. The van der Waals surface area contributed by atoms with Gasteiger partial charge in [-0.05, 0) is 31.2 Å². The predicted molar refractivity (Wildman–Crippen MR) is 107 cm³/mol. The molecule has 0 amide bonds. The number of thioether (sulfide) groups is 1. The van der Waals surface area contributed by atoms with Gasteiger partial charge in [-0.3, -0.25) is 4.98 Å². The van der Waals surface area contributed by atoms with Gasteiger partial charge in [-0.25, -0.2) is 4.98 Å². The number of anilines is 1. The van der Waals surface area contributed by atoms with Crippen LogP contribution in [-0.2, 0) is 10.5 Å². The summed E-state index contributed by atoms with van der Waals surface area (Å²) in [6.07, 6.45) is 12.1. The topological polar surface area (TPSA) is 38.2 Å². The van der Waals surface area contributed by atoms with Crippen molar-refractivity contribution in [1.29, 1.82) is 0 Å². The molecule has 1 saturated carbocycles. The minimum Gasteiger partial charge on any atom is -0.375 e. The Kier molecular flexibility index (Phi) is 6.07. The van der Waals surface area contributed by atoms with Crippen molar-refractivity contribution >= 4 is 17.6 Å². The Morgan fingerprint density at radius 3 is 2.46 bits per heavy atom. The molecule has 1 saturated heterocycles. The summed E-state index contributed by atoms with van der Waals surface area (Å²) in [5.41, 5.74) is 1.31. The second-order valence-electron chi connectivity index (χ2n) is 7.22. The molecule has 2 aliphatic rings. The van der Waals surface area contributed by atoms with Gasteiger partial charge in [0.1, 0.15) is 10.8 Å². The van der Waals surface area contributed by atoms with Gasteiger partial charge in [0.05, 0.1) is 24.6 Å². The van der Waals surface area contributed by atoms with Crippen molar-refractivity contribution in [2.24, 2.45) is 0 Å². The molecule has 0 spiro atoms. The maximum Gasteiger partial charge on any atom is 0.148 e. The average Bonchev–Trinajstić information content (AvgIpc) is 3.21. The Balaban J connectivity index is 1.29. The highest BCUT2D eigenvalue weighted by atomic mass is 32.2. The largest absolute Gasteiger partial charge is 0.375 e. The van der Waals surface area contributed by atoms with Crippen molar-refractivity contribution in [2.45, 2.75) is 61.5 Å². The van der Waals surface area contributed by atoms with E-state index in [1.807, 2.05) is 12.4 Å². The Bertz CT molecular complexity index is 683. The van der Waals surface area contributed by atoms with E-state index in [4.69, 9.17) is 9.72 Å². The van der Waals surface area contributed by atoms with Crippen molar-refractivity contribution < 1.29 is 4.74 Å². The van der Waals surface area contributed by atoms with Crippen molar-refractivity contribution in [3.8, 4) is 0 Å². The first-order valence-corrected chi connectivity index (χ1v) is 10.7. The number of rotatable bonds is 6. The summed E-state index contributed by atoms with van der Waals surface area (Å²) in [6, 6.07) is 10.5. The lowest BCUT2D eigenvalue weighted by Gasteiger charge is -2.33. The number of aromatic nitrogens is 2. The van der Waals surface area contributed by atoms with Crippen LogP contribution in [-0.4, -0.2) is 35.3 Å². The number of hydrogen-bond donors (Lipinski definition) is 0. The van der Waals surface area contributed by atoms with E-state index >= 15 is 0 Å². The average molecular weight is 370 g/mol. The molecule has 1 aliphatic carbocycles. The van der Waals surface area contributed by atoms with Crippen molar-refractivity contribution in [2.75, 3.05) is 18.0 Å². The number of nitrogens with zero attached hydrogens (tertiary/aromatic N) is 3. The molecule has 4 rings (SSSR count). The molecular formula is C21H27N3OS. The van der Waals surface area contributed by atoms with Crippen LogP contribution >= 0.6 is 11.8 Å². The summed E-state index contributed by atoms with van der Waals surface area (Å²) in [5, 5.41) is 0.996. The van der Waals surface area contributed by atoms with Gasteiger partial charge in [0.25, 0.3) is 0 Å². The maximum atomic E-state index is 6.28. The van der Waals surface area contributed by atoms with E-state index in [2.05, 4.69) is 40.2 Å². The van der Waals surface area contributed by atoms with Crippen LogP contribution in [0, 0.1) is 0 Å². The van der Waals surface area contributed by atoms with Gasteiger partial charge in [0.2, 0.25) is 0 Å². The quantitative estimate of drug-likeness (QED) is 0.690. The summed E-state index contributed by atoms with van der Waals surface area (Å²) in [7, 11) is 0. The van der Waals surface area contributed by atoms with Gasteiger partial charge < -0.3 is 9.64 Å². The van der Waals surface area contributed by atoms with Crippen molar-refractivity contribution in [1.82, 2.24) is 9.97 Å². The molecule has 0 atom stereocenters. The van der Waals surface area contributed by atoms with E-state index in [0.29, 0.717) is 12.2 Å². The Hall–Kier alpha value is -1.59. The molecule has 4 nitrogen and oxygen atoms in total. The molecule has 2 aromatic rings. The SMILES string of the molecule is c1ccc(CSc2cncc(N3CCC(OC4CCCC4)CC3)n2)cc1. The first-order valence-electron chi connectivity index (χ1n) is 9.76. The standard InChI is InChI=1S/C21H27N3OS/c1-2-6-17(7-3-1)16-26-21-15-22-14-20(23-21)24-12-10-19(11-13-24)25-18-8-4-5-9-18/h1-3,6-7,14-15,18-19H,4-5,8-13,16H2. The number of ether oxygens (including phenoxy) is 1. The lowest BCUT2D eigenvalue weighted by Crippen LogP contribution is -2.38. The maximum absolute atomic E-state index is 6.28. The Morgan fingerprint density at radius 2 is 1.69 bits per heavy atom.